The molecule has 0 spiro atoms. The van der Waals surface area contributed by atoms with Crippen molar-refractivity contribution in [1.82, 2.24) is 0 Å². The van der Waals surface area contributed by atoms with E-state index in [0.717, 1.165) is 30.6 Å². The highest BCUT2D eigenvalue weighted by Crippen LogP contribution is 2.42. The molecular formula is C19H22N2O3. The normalized spacial score (nSPS) is 19.9. The van der Waals surface area contributed by atoms with Gasteiger partial charge in [-0.3, -0.25) is 14.5 Å². The summed E-state index contributed by atoms with van der Waals surface area (Å²) in [7, 11) is 0. The molecule has 2 amide bonds. The van der Waals surface area contributed by atoms with Crippen molar-refractivity contribution in [3.05, 3.63) is 23.8 Å². The zero-order chi connectivity index (χ0) is 17.5. The molecule has 126 valence electrons. The van der Waals surface area contributed by atoms with Gasteiger partial charge in [-0.1, -0.05) is 18.9 Å². The maximum atomic E-state index is 12.5. The lowest BCUT2D eigenvalue weighted by molar-refractivity contribution is -0.126. The number of hydrogen-bond donors (Lipinski definition) is 1. The summed E-state index contributed by atoms with van der Waals surface area (Å²) in [5.74, 6) is 1.81. The molecule has 0 saturated heterocycles. The van der Waals surface area contributed by atoms with Gasteiger partial charge in [0.25, 0.3) is 0 Å². The van der Waals surface area contributed by atoms with Gasteiger partial charge in [0.1, 0.15) is 16.9 Å². The van der Waals surface area contributed by atoms with E-state index in [9.17, 15) is 9.59 Å². The predicted molar refractivity (Wildman–Crippen MR) is 91.6 cm³/mol. The van der Waals surface area contributed by atoms with Crippen LogP contribution < -0.4 is 15.4 Å². The Balaban J connectivity index is 2.08. The van der Waals surface area contributed by atoms with Gasteiger partial charge < -0.3 is 10.5 Å². The van der Waals surface area contributed by atoms with Gasteiger partial charge in [-0.05, 0) is 44.2 Å². The molecule has 5 nitrogen and oxygen atoms in total. The summed E-state index contributed by atoms with van der Waals surface area (Å²) in [5, 5.41) is 0. The number of terminal acetylenes is 1. The van der Waals surface area contributed by atoms with E-state index in [1.807, 2.05) is 26.0 Å². The van der Waals surface area contributed by atoms with Gasteiger partial charge >= 0.3 is 5.91 Å². The number of hydrogen-bond acceptors (Lipinski definition) is 3. The molecular weight excluding hydrogens is 304 g/mol. The van der Waals surface area contributed by atoms with E-state index >= 15 is 0 Å². The van der Waals surface area contributed by atoms with Crippen molar-refractivity contribution in [2.45, 2.75) is 57.1 Å². The Kier molecular flexibility index (Phi) is 3.79. The van der Waals surface area contributed by atoms with Gasteiger partial charge in [0.2, 0.25) is 5.91 Å². The lowest BCUT2D eigenvalue weighted by atomic mass is 9.92. The molecule has 1 aliphatic carbocycles. The molecule has 1 saturated carbocycles. The summed E-state index contributed by atoms with van der Waals surface area (Å²) in [5.41, 5.74) is 6.00. The largest absolute Gasteiger partial charge is 0.487 e. The van der Waals surface area contributed by atoms with E-state index in [1.54, 1.807) is 6.07 Å². The zero-order valence-corrected chi connectivity index (χ0v) is 14.1. The van der Waals surface area contributed by atoms with Gasteiger partial charge in [0.05, 0.1) is 0 Å². The van der Waals surface area contributed by atoms with Crippen LogP contribution in [-0.2, 0) is 16.0 Å². The fourth-order valence-corrected chi connectivity index (χ4v) is 3.88. The Labute approximate surface area is 142 Å². The molecule has 2 N–H and O–H groups in total. The highest BCUT2D eigenvalue weighted by Gasteiger charge is 2.48. The first-order chi connectivity index (χ1) is 11.3. The van der Waals surface area contributed by atoms with Crippen molar-refractivity contribution >= 4 is 17.5 Å². The molecule has 0 bridgehead atoms. The first-order valence-corrected chi connectivity index (χ1v) is 8.22. The molecule has 1 aromatic carbocycles. The number of benzene rings is 1. The quantitative estimate of drug-likeness (QED) is 0.865. The van der Waals surface area contributed by atoms with Crippen LogP contribution in [0.3, 0.4) is 0 Å². The summed E-state index contributed by atoms with van der Waals surface area (Å²) in [6.45, 7) is 4.03. The monoisotopic (exact) mass is 326 g/mol. The third-order valence-electron chi connectivity index (χ3n) is 4.96. The molecule has 1 heterocycles. The van der Waals surface area contributed by atoms with Crippen LogP contribution in [0.25, 0.3) is 0 Å². The highest BCUT2D eigenvalue weighted by atomic mass is 16.5. The fourth-order valence-electron chi connectivity index (χ4n) is 3.88. The van der Waals surface area contributed by atoms with Crippen LogP contribution in [0.4, 0.5) is 5.69 Å². The standard InChI is InChI=1S/C19H22N2O3/c1-4-16(22)21(19(17(20)23)9-5-6-10-19)14-8-7-13-12-18(2,3)24-15(13)11-14/h1,7-8,11H,5-6,9-10,12H2,2-3H3,(H2,20,23). The Morgan fingerprint density at radius 2 is 1.96 bits per heavy atom. The predicted octanol–water partition coefficient (Wildman–Crippen LogP) is 2.16. The minimum Gasteiger partial charge on any atom is -0.487 e. The Morgan fingerprint density at radius 1 is 1.29 bits per heavy atom. The van der Waals surface area contributed by atoms with Crippen molar-refractivity contribution in [1.29, 1.82) is 0 Å². The molecule has 0 atom stereocenters. The lowest BCUT2D eigenvalue weighted by Gasteiger charge is -2.37. The topological polar surface area (TPSA) is 72.6 Å². The van der Waals surface area contributed by atoms with Crippen LogP contribution in [0.2, 0.25) is 0 Å². The van der Waals surface area contributed by atoms with E-state index in [2.05, 4.69) is 5.92 Å². The van der Waals surface area contributed by atoms with Crippen LogP contribution in [0.15, 0.2) is 18.2 Å². The summed E-state index contributed by atoms with van der Waals surface area (Å²) in [4.78, 5) is 26.1. The molecule has 1 aromatic rings. The smallest absolute Gasteiger partial charge is 0.303 e. The van der Waals surface area contributed by atoms with E-state index in [4.69, 9.17) is 16.9 Å². The van der Waals surface area contributed by atoms with Crippen molar-refractivity contribution in [2.24, 2.45) is 5.73 Å². The number of carbonyl (C=O) groups is 2. The van der Waals surface area contributed by atoms with Crippen LogP contribution in [0.1, 0.15) is 45.1 Å². The van der Waals surface area contributed by atoms with Crippen molar-refractivity contribution < 1.29 is 14.3 Å². The van der Waals surface area contributed by atoms with Crippen molar-refractivity contribution in [3.8, 4) is 18.1 Å². The molecule has 2 aliphatic rings. The second-order valence-corrected chi connectivity index (χ2v) is 7.22. The first-order valence-electron chi connectivity index (χ1n) is 8.22. The lowest BCUT2D eigenvalue weighted by Crippen LogP contribution is -2.58. The maximum Gasteiger partial charge on any atom is 0.303 e. The number of nitrogens with zero attached hydrogens (tertiary/aromatic N) is 1. The van der Waals surface area contributed by atoms with Gasteiger partial charge in [-0.25, -0.2) is 0 Å². The molecule has 0 unspecified atom stereocenters. The molecule has 0 aromatic heterocycles. The second-order valence-electron chi connectivity index (χ2n) is 7.22. The molecule has 5 heteroatoms. The Hall–Kier alpha value is -2.48. The van der Waals surface area contributed by atoms with Gasteiger partial charge in [-0.15, -0.1) is 6.42 Å². The number of amides is 2. The van der Waals surface area contributed by atoms with Gasteiger partial charge in [0.15, 0.2) is 0 Å². The summed E-state index contributed by atoms with van der Waals surface area (Å²) in [6.07, 6.45) is 8.90. The third-order valence-corrected chi connectivity index (χ3v) is 4.96. The van der Waals surface area contributed by atoms with Gasteiger partial charge in [-0.2, -0.15) is 0 Å². The molecule has 0 radical (unpaired) electrons. The minimum absolute atomic E-state index is 0.281. The average molecular weight is 326 g/mol. The summed E-state index contributed by atoms with van der Waals surface area (Å²) < 4.78 is 5.95. The Morgan fingerprint density at radius 3 is 2.54 bits per heavy atom. The van der Waals surface area contributed by atoms with Crippen molar-refractivity contribution in [2.75, 3.05) is 4.90 Å². The summed E-state index contributed by atoms with van der Waals surface area (Å²) >= 11 is 0. The third kappa shape index (κ3) is 2.52. The van der Waals surface area contributed by atoms with Crippen LogP contribution >= 0.6 is 0 Å². The van der Waals surface area contributed by atoms with Crippen LogP contribution in [-0.4, -0.2) is 23.0 Å². The second kappa shape index (κ2) is 5.55. The van der Waals surface area contributed by atoms with E-state index in [0.29, 0.717) is 18.5 Å². The molecule has 3 rings (SSSR count). The fraction of sp³-hybridized carbons (Fsp3) is 0.474. The minimum atomic E-state index is -1.05. The highest BCUT2D eigenvalue weighted by molar-refractivity contribution is 6.11. The molecule has 1 fully saturated rings. The van der Waals surface area contributed by atoms with Crippen LogP contribution in [0, 0.1) is 12.3 Å². The number of fused-ring (bicyclic) bond motifs is 1. The van der Waals surface area contributed by atoms with Gasteiger partial charge in [0, 0.05) is 18.2 Å². The Bertz CT molecular complexity index is 739. The first kappa shape index (κ1) is 16.4. The zero-order valence-electron chi connectivity index (χ0n) is 14.1. The number of ether oxygens (including phenoxy) is 1. The molecule has 1 aliphatic heterocycles. The summed E-state index contributed by atoms with van der Waals surface area (Å²) in [6, 6.07) is 5.55. The number of anilines is 1. The number of primary amides is 1. The molecule has 24 heavy (non-hydrogen) atoms. The SMILES string of the molecule is C#CC(=O)N(c1ccc2c(c1)OC(C)(C)C2)C1(C(N)=O)CCCC1. The van der Waals surface area contributed by atoms with E-state index in [-0.39, 0.29) is 5.60 Å². The number of rotatable bonds is 3. The number of carbonyl (C=O) groups excluding carboxylic acids is 2. The van der Waals surface area contributed by atoms with E-state index < -0.39 is 17.4 Å². The number of nitrogens with two attached hydrogens (primary N) is 1. The van der Waals surface area contributed by atoms with E-state index in [1.165, 1.54) is 4.90 Å². The average Bonchev–Trinajstić information content (AvgIpc) is 3.10. The van der Waals surface area contributed by atoms with Crippen molar-refractivity contribution in [3.63, 3.8) is 0 Å². The maximum absolute atomic E-state index is 12.5. The van der Waals surface area contributed by atoms with Crippen LogP contribution in [0.5, 0.6) is 5.75 Å².